The Kier molecular flexibility index (Phi) is 3.63. The summed E-state index contributed by atoms with van der Waals surface area (Å²) in [7, 11) is 0. The number of aromatic carboxylic acids is 1. The van der Waals surface area contributed by atoms with E-state index in [-0.39, 0.29) is 0 Å². The molecule has 0 spiro atoms. The second kappa shape index (κ2) is 5.09. The standard InChI is InChI=1S/C13H11BrN2O4/c1-6-3-8(14)4-7(2)10(6)16-5-9(12(18)19)11(17)15-13(16)20/h3-5H,1-2H3,(H,18,19)(H,15,17,20). The number of nitrogens with one attached hydrogen (secondary N) is 1. The Morgan fingerprint density at radius 2 is 1.80 bits per heavy atom. The van der Waals surface area contributed by atoms with Crippen LogP contribution in [-0.2, 0) is 0 Å². The lowest BCUT2D eigenvalue weighted by molar-refractivity contribution is 0.0694. The van der Waals surface area contributed by atoms with Gasteiger partial charge in [-0.2, -0.15) is 0 Å². The molecule has 20 heavy (non-hydrogen) atoms. The maximum Gasteiger partial charge on any atom is 0.342 e. The fourth-order valence-electron chi connectivity index (χ4n) is 2.07. The van der Waals surface area contributed by atoms with Crippen molar-refractivity contribution in [1.29, 1.82) is 0 Å². The van der Waals surface area contributed by atoms with Crippen LogP contribution in [0.15, 0.2) is 32.4 Å². The first-order valence-electron chi connectivity index (χ1n) is 5.67. The van der Waals surface area contributed by atoms with E-state index in [9.17, 15) is 14.4 Å². The summed E-state index contributed by atoms with van der Waals surface area (Å²) in [5, 5.41) is 8.97. The number of aromatic amines is 1. The lowest BCUT2D eigenvalue weighted by atomic mass is 10.1. The first-order chi connectivity index (χ1) is 9.31. The molecule has 104 valence electrons. The zero-order valence-corrected chi connectivity index (χ0v) is 12.3. The number of rotatable bonds is 2. The fraction of sp³-hybridized carbons (Fsp3) is 0.154. The number of hydrogen-bond acceptors (Lipinski definition) is 3. The van der Waals surface area contributed by atoms with Gasteiger partial charge in [0.25, 0.3) is 5.56 Å². The number of H-pyrrole nitrogens is 1. The van der Waals surface area contributed by atoms with E-state index in [4.69, 9.17) is 5.11 Å². The molecule has 6 nitrogen and oxygen atoms in total. The first kappa shape index (κ1) is 14.3. The van der Waals surface area contributed by atoms with Crippen molar-refractivity contribution in [2.75, 3.05) is 0 Å². The molecule has 0 aliphatic rings. The normalized spacial score (nSPS) is 10.6. The molecular weight excluding hydrogens is 328 g/mol. The third kappa shape index (κ3) is 2.44. The van der Waals surface area contributed by atoms with Crippen molar-refractivity contribution < 1.29 is 9.90 Å². The second-order valence-electron chi connectivity index (χ2n) is 4.37. The molecule has 0 saturated carbocycles. The van der Waals surface area contributed by atoms with Crippen LogP contribution in [0.5, 0.6) is 0 Å². The zero-order chi connectivity index (χ0) is 15.0. The van der Waals surface area contributed by atoms with Gasteiger partial charge in [-0.25, -0.2) is 9.59 Å². The molecule has 0 atom stereocenters. The maximum atomic E-state index is 11.9. The maximum absolute atomic E-state index is 11.9. The quantitative estimate of drug-likeness (QED) is 0.869. The fourth-order valence-corrected chi connectivity index (χ4v) is 2.76. The number of carbonyl (C=O) groups is 1. The van der Waals surface area contributed by atoms with Crippen LogP contribution in [0, 0.1) is 13.8 Å². The molecule has 0 saturated heterocycles. The molecule has 0 amide bonds. The van der Waals surface area contributed by atoms with Gasteiger partial charge < -0.3 is 5.11 Å². The van der Waals surface area contributed by atoms with Crippen LogP contribution in [0.25, 0.3) is 5.69 Å². The van der Waals surface area contributed by atoms with Gasteiger partial charge in [0.2, 0.25) is 0 Å². The van der Waals surface area contributed by atoms with Gasteiger partial charge in [-0.05, 0) is 37.1 Å². The smallest absolute Gasteiger partial charge is 0.342 e. The minimum atomic E-state index is -1.38. The number of nitrogens with zero attached hydrogens (tertiary/aromatic N) is 1. The second-order valence-corrected chi connectivity index (χ2v) is 5.28. The summed E-state index contributed by atoms with van der Waals surface area (Å²) < 4.78 is 1.99. The van der Waals surface area contributed by atoms with E-state index in [2.05, 4.69) is 15.9 Å². The number of benzene rings is 1. The van der Waals surface area contributed by atoms with E-state index in [1.165, 1.54) is 0 Å². The molecule has 0 unspecified atom stereocenters. The summed E-state index contributed by atoms with van der Waals surface area (Å²) in [5.74, 6) is -1.38. The van der Waals surface area contributed by atoms with Crippen LogP contribution in [0.1, 0.15) is 21.5 Å². The summed E-state index contributed by atoms with van der Waals surface area (Å²) in [6.07, 6.45) is 1.05. The van der Waals surface area contributed by atoms with Crippen molar-refractivity contribution in [3.05, 3.63) is 60.3 Å². The van der Waals surface area contributed by atoms with Gasteiger partial charge in [0.05, 0.1) is 5.69 Å². The number of halogens is 1. The van der Waals surface area contributed by atoms with E-state index in [0.29, 0.717) is 5.69 Å². The Morgan fingerprint density at radius 3 is 2.30 bits per heavy atom. The Bertz CT molecular complexity index is 797. The summed E-state index contributed by atoms with van der Waals surface area (Å²) in [6.45, 7) is 3.59. The van der Waals surface area contributed by atoms with Crippen LogP contribution in [-0.4, -0.2) is 20.6 Å². The summed E-state index contributed by atoms with van der Waals surface area (Å²) in [5.41, 5.74) is 0.0488. The molecule has 2 N–H and O–H groups in total. The summed E-state index contributed by atoms with van der Waals surface area (Å²) in [6, 6.07) is 3.61. The lowest BCUT2D eigenvalue weighted by Gasteiger charge is -2.13. The predicted molar refractivity (Wildman–Crippen MR) is 76.8 cm³/mol. The Morgan fingerprint density at radius 1 is 1.25 bits per heavy atom. The highest BCUT2D eigenvalue weighted by Gasteiger charge is 2.15. The molecule has 0 fully saturated rings. The van der Waals surface area contributed by atoms with Crippen LogP contribution in [0.4, 0.5) is 0 Å². The van der Waals surface area contributed by atoms with Crippen LogP contribution < -0.4 is 11.2 Å². The van der Waals surface area contributed by atoms with E-state index in [1.54, 1.807) is 26.0 Å². The van der Waals surface area contributed by atoms with E-state index >= 15 is 0 Å². The molecule has 0 aliphatic carbocycles. The highest BCUT2D eigenvalue weighted by Crippen LogP contribution is 2.22. The number of carboxylic acids is 1. The number of carboxylic acid groups (broad SMARTS) is 1. The molecule has 1 heterocycles. The number of hydrogen-bond donors (Lipinski definition) is 2. The zero-order valence-electron chi connectivity index (χ0n) is 10.7. The van der Waals surface area contributed by atoms with Gasteiger partial charge in [-0.1, -0.05) is 15.9 Å². The third-order valence-electron chi connectivity index (χ3n) is 2.87. The van der Waals surface area contributed by atoms with Crippen molar-refractivity contribution in [1.82, 2.24) is 9.55 Å². The van der Waals surface area contributed by atoms with Gasteiger partial charge in [0.1, 0.15) is 5.56 Å². The highest BCUT2D eigenvalue weighted by molar-refractivity contribution is 9.10. The van der Waals surface area contributed by atoms with Gasteiger partial charge >= 0.3 is 11.7 Å². The van der Waals surface area contributed by atoms with Gasteiger partial charge in [0.15, 0.2) is 0 Å². The largest absolute Gasteiger partial charge is 0.477 e. The molecular formula is C13H11BrN2O4. The lowest BCUT2D eigenvalue weighted by Crippen LogP contribution is -2.33. The van der Waals surface area contributed by atoms with Crippen molar-refractivity contribution >= 4 is 21.9 Å². The van der Waals surface area contributed by atoms with E-state index in [0.717, 1.165) is 26.4 Å². The highest BCUT2D eigenvalue weighted by atomic mass is 79.9. The van der Waals surface area contributed by atoms with Gasteiger partial charge in [0, 0.05) is 10.7 Å². The van der Waals surface area contributed by atoms with Gasteiger partial charge in [-0.3, -0.25) is 14.3 Å². The molecule has 1 aromatic carbocycles. The molecule has 2 rings (SSSR count). The molecule has 0 bridgehead atoms. The van der Waals surface area contributed by atoms with Crippen LogP contribution in [0.3, 0.4) is 0 Å². The van der Waals surface area contributed by atoms with E-state index in [1.807, 2.05) is 4.98 Å². The molecule has 2 aromatic rings. The Hall–Kier alpha value is -2.15. The molecule has 1 aromatic heterocycles. The summed E-state index contributed by atoms with van der Waals surface area (Å²) in [4.78, 5) is 36.4. The number of aromatic nitrogens is 2. The molecule has 7 heteroatoms. The molecule has 0 radical (unpaired) electrons. The van der Waals surface area contributed by atoms with Crippen molar-refractivity contribution in [2.45, 2.75) is 13.8 Å². The summed E-state index contributed by atoms with van der Waals surface area (Å²) >= 11 is 3.35. The van der Waals surface area contributed by atoms with Crippen LogP contribution >= 0.6 is 15.9 Å². The topological polar surface area (TPSA) is 92.2 Å². The van der Waals surface area contributed by atoms with Crippen LogP contribution in [0.2, 0.25) is 0 Å². The number of aryl methyl sites for hydroxylation is 2. The predicted octanol–water partition coefficient (Wildman–Crippen LogP) is 1.60. The van der Waals surface area contributed by atoms with E-state index < -0.39 is 22.8 Å². The minimum Gasteiger partial charge on any atom is -0.477 e. The Labute approximate surface area is 121 Å². The SMILES string of the molecule is Cc1cc(Br)cc(C)c1-n1cc(C(=O)O)c(=O)[nH]c1=O. The minimum absolute atomic E-state index is 0.480. The molecule has 0 aliphatic heterocycles. The van der Waals surface area contributed by atoms with Crippen molar-refractivity contribution in [2.24, 2.45) is 0 Å². The monoisotopic (exact) mass is 338 g/mol. The first-order valence-corrected chi connectivity index (χ1v) is 6.47. The average molecular weight is 339 g/mol. The van der Waals surface area contributed by atoms with Gasteiger partial charge in [-0.15, -0.1) is 0 Å². The Balaban J connectivity index is 2.84. The van der Waals surface area contributed by atoms with Crippen molar-refractivity contribution in [3.8, 4) is 5.69 Å². The van der Waals surface area contributed by atoms with Crippen molar-refractivity contribution in [3.63, 3.8) is 0 Å². The third-order valence-corrected chi connectivity index (χ3v) is 3.33. The average Bonchev–Trinajstić information content (AvgIpc) is 2.29.